The van der Waals surface area contributed by atoms with Crippen molar-refractivity contribution in [3.05, 3.63) is 35.4 Å². The van der Waals surface area contributed by atoms with Gasteiger partial charge in [-0.05, 0) is 60.5 Å². The van der Waals surface area contributed by atoms with Gasteiger partial charge in [-0.1, -0.05) is 43.2 Å². The van der Waals surface area contributed by atoms with Gasteiger partial charge in [0, 0.05) is 17.8 Å². The Hall–Kier alpha value is -2.22. The standard InChI is InChI=1S/C25H41N3O4S/c1-9-10-15-26-21(29)20(18-13-11-17(2)12-14-18)28(24(3,4)5)22(30)19(16-33)27-23(31)32-25(6,7)8/h11-14,19-20,33H,9-10,15-16H2,1-8H3,(H,26,29)(H,27,31). The van der Waals surface area contributed by atoms with Crippen LogP contribution in [0.4, 0.5) is 4.79 Å². The van der Waals surface area contributed by atoms with Crippen LogP contribution < -0.4 is 10.6 Å². The van der Waals surface area contributed by atoms with Crippen LogP contribution in [0, 0.1) is 6.92 Å². The van der Waals surface area contributed by atoms with E-state index in [9.17, 15) is 14.4 Å². The van der Waals surface area contributed by atoms with Gasteiger partial charge in [0.05, 0.1) is 0 Å². The zero-order valence-electron chi connectivity index (χ0n) is 21.3. The monoisotopic (exact) mass is 479 g/mol. The number of nitrogens with one attached hydrogen (secondary N) is 2. The highest BCUT2D eigenvalue weighted by Crippen LogP contribution is 2.30. The molecule has 2 unspecified atom stereocenters. The molecule has 0 saturated heterocycles. The largest absolute Gasteiger partial charge is 0.444 e. The third-order valence-corrected chi connectivity index (χ3v) is 5.23. The van der Waals surface area contributed by atoms with E-state index < -0.39 is 35.2 Å². The molecule has 1 rings (SSSR count). The Morgan fingerprint density at radius 2 is 1.64 bits per heavy atom. The summed E-state index contributed by atoms with van der Waals surface area (Å²) in [6.45, 7) is 15.4. The van der Waals surface area contributed by atoms with Crippen molar-refractivity contribution in [2.75, 3.05) is 12.3 Å². The zero-order valence-corrected chi connectivity index (χ0v) is 22.2. The summed E-state index contributed by atoms with van der Waals surface area (Å²) in [7, 11) is 0. The lowest BCUT2D eigenvalue weighted by atomic mass is 9.95. The molecule has 7 nitrogen and oxygen atoms in total. The molecule has 8 heteroatoms. The smallest absolute Gasteiger partial charge is 0.408 e. The van der Waals surface area contributed by atoms with E-state index in [1.54, 1.807) is 20.8 Å². The van der Waals surface area contributed by atoms with Crippen LogP contribution in [0.2, 0.25) is 0 Å². The molecular weight excluding hydrogens is 438 g/mol. The molecule has 0 aliphatic carbocycles. The molecule has 186 valence electrons. The molecule has 2 N–H and O–H groups in total. The number of rotatable bonds is 9. The van der Waals surface area contributed by atoms with Crippen LogP contribution in [-0.2, 0) is 14.3 Å². The number of amides is 3. The number of hydrogen-bond acceptors (Lipinski definition) is 5. The average molecular weight is 480 g/mol. The first-order valence-corrected chi connectivity index (χ1v) is 12.1. The summed E-state index contributed by atoms with van der Waals surface area (Å²) in [4.78, 5) is 41.1. The number of alkyl carbamates (subject to hydrolysis) is 1. The SMILES string of the molecule is CCCCNC(=O)C(c1ccc(C)cc1)N(C(=O)C(CS)NC(=O)OC(C)(C)C)C(C)(C)C. The van der Waals surface area contributed by atoms with Gasteiger partial charge in [0.2, 0.25) is 11.8 Å². The van der Waals surface area contributed by atoms with Gasteiger partial charge < -0.3 is 20.3 Å². The van der Waals surface area contributed by atoms with Crippen molar-refractivity contribution in [3.63, 3.8) is 0 Å². The van der Waals surface area contributed by atoms with Gasteiger partial charge >= 0.3 is 6.09 Å². The van der Waals surface area contributed by atoms with Crippen LogP contribution in [-0.4, -0.2) is 52.3 Å². The molecule has 0 saturated carbocycles. The summed E-state index contributed by atoms with van der Waals surface area (Å²) in [5.74, 6) is -0.603. The van der Waals surface area contributed by atoms with E-state index >= 15 is 0 Å². The van der Waals surface area contributed by atoms with Crippen molar-refractivity contribution in [1.82, 2.24) is 15.5 Å². The van der Waals surface area contributed by atoms with Gasteiger partial charge in [-0.15, -0.1) is 0 Å². The number of benzene rings is 1. The Labute approximate surface area is 204 Å². The third kappa shape index (κ3) is 9.27. The maximum absolute atomic E-state index is 13.8. The Morgan fingerprint density at radius 3 is 2.09 bits per heavy atom. The second kappa shape index (κ2) is 12.3. The molecule has 0 spiro atoms. The Kier molecular flexibility index (Phi) is 10.7. The second-order valence-electron chi connectivity index (χ2n) is 10.2. The number of aryl methyl sites for hydroxylation is 1. The van der Waals surface area contributed by atoms with Gasteiger partial charge in [-0.3, -0.25) is 9.59 Å². The topological polar surface area (TPSA) is 87.7 Å². The fourth-order valence-electron chi connectivity index (χ4n) is 3.30. The molecule has 0 fully saturated rings. The molecule has 0 heterocycles. The van der Waals surface area contributed by atoms with E-state index in [2.05, 4.69) is 23.3 Å². The summed E-state index contributed by atoms with van der Waals surface area (Å²) in [5, 5.41) is 5.59. The molecule has 0 aliphatic rings. The quantitative estimate of drug-likeness (QED) is 0.362. The van der Waals surface area contributed by atoms with Crippen molar-refractivity contribution in [1.29, 1.82) is 0 Å². The predicted octanol–water partition coefficient (Wildman–Crippen LogP) is 4.40. The highest BCUT2D eigenvalue weighted by Gasteiger charge is 2.41. The number of ether oxygens (including phenoxy) is 1. The summed E-state index contributed by atoms with van der Waals surface area (Å²) in [6, 6.07) is 5.74. The Bertz CT molecular complexity index is 797. The number of hydrogen-bond donors (Lipinski definition) is 3. The zero-order chi connectivity index (χ0) is 25.4. The number of unbranched alkanes of at least 4 members (excludes halogenated alkanes) is 1. The Morgan fingerprint density at radius 1 is 1.06 bits per heavy atom. The molecule has 2 atom stereocenters. The number of thiol groups is 1. The number of carbonyl (C=O) groups is 3. The highest BCUT2D eigenvalue weighted by atomic mass is 32.1. The predicted molar refractivity (Wildman–Crippen MR) is 135 cm³/mol. The van der Waals surface area contributed by atoms with E-state index in [-0.39, 0.29) is 11.7 Å². The van der Waals surface area contributed by atoms with E-state index in [4.69, 9.17) is 4.74 Å². The first-order valence-electron chi connectivity index (χ1n) is 11.5. The fraction of sp³-hybridized carbons (Fsp3) is 0.640. The van der Waals surface area contributed by atoms with Gasteiger partial charge in [0.25, 0.3) is 0 Å². The fourth-order valence-corrected chi connectivity index (χ4v) is 3.55. The maximum atomic E-state index is 13.8. The van der Waals surface area contributed by atoms with Gasteiger partial charge in [0.15, 0.2) is 0 Å². The molecular formula is C25H41N3O4S. The molecule has 3 amide bonds. The normalized spacial score (nSPS) is 13.6. The second-order valence-corrected chi connectivity index (χ2v) is 10.6. The number of nitrogens with zero attached hydrogens (tertiary/aromatic N) is 1. The molecule has 0 bridgehead atoms. The molecule has 0 aliphatic heterocycles. The van der Waals surface area contributed by atoms with Crippen molar-refractivity contribution < 1.29 is 19.1 Å². The lowest BCUT2D eigenvalue weighted by Gasteiger charge is -2.43. The molecule has 0 aromatic heterocycles. The van der Waals surface area contributed by atoms with Crippen LogP contribution in [0.3, 0.4) is 0 Å². The van der Waals surface area contributed by atoms with E-state index in [1.807, 2.05) is 58.9 Å². The van der Waals surface area contributed by atoms with Crippen molar-refractivity contribution in [2.24, 2.45) is 0 Å². The summed E-state index contributed by atoms with van der Waals surface area (Å²) in [6.07, 6.45) is 1.08. The molecule has 1 aromatic carbocycles. The first-order chi connectivity index (χ1) is 15.2. The minimum Gasteiger partial charge on any atom is -0.444 e. The van der Waals surface area contributed by atoms with E-state index in [1.165, 1.54) is 4.90 Å². The van der Waals surface area contributed by atoms with Crippen LogP contribution >= 0.6 is 12.6 Å². The van der Waals surface area contributed by atoms with Gasteiger partial charge in [0.1, 0.15) is 17.7 Å². The third-order valence-electron chi connectivity index (χ3n) is 4.86. The summed E-state index contributed by atoms with van der Waals surface area (Å²) >= 11 is 4.30. The minimum atomic E-state index is -0.959. The highest BCUT2D eigenvalue weighted by molar-refractivity contribution is 7.80. The van der Waals surface area contributed by atoms with E-state index in [0.717, 1.165) is 18.4 Å². The average Bonchev–Trinajstić information content (AvgIpc) is 2.68. The van der Waals surface area contributed by atoms with E-state index in [0.29, 0.717) is 12.1 Å². The van der Waals surface area contributed by atoms with Crippen LogP contribution in [0.15, 0.2) is 24.3 Å². The maximum Gasteiger partial charge on any atom is 0.408 e. The summed E-state index contributed by atoms with van der Waals surface area (Å²) in [5.41, 5.74) is 0.332. The van der Waals surface area contributed by atoms with Gasteiger partial charge in [-0.2, -0.15) is 12.6 Å². The van der Waals surface area contributed by atoms with Crippen LogP contribution in [0.25, 0.3) is 0 Å². The lowest BCUT2D eigenvalue weighted by molar-refractivity contribution is -0.148. The molecule has 1 aromatic rings. The van der Waals surface area contributed by atoms with Crippen LogP contribution in [0.5, 0.6) is 0 Å². The van der Waals surface area contributed by atoms with Crippen LogP contribution in [0.1, 0.15) is 78.5 Å². The van der Waals surface area contributed by atoms with Crippen molar-refractivity contribution >= 4 is 30.5 Å². The summed E-state index contributed by atoms with van der Waals surface area (Å²) < 4.78 is 5.32. The Balaban J connectivity index is 3.38. The number of carbonyl (C=O) groups excluding carboxylic acids is 3. The van der Waals surface area contributed by atoms with Gasteiger partial charge in [-0.25, -0.2) is 4.79 Å². The first kappa shape index (κ1) is 28.8. The molecule has 0 radical (unpaired) electrons. The van der Waals surface area contributed by atoms with Crippen molar-refractivity contribution in [3.8, 4) is 0 Å². The molecule has 33 heavy (non-hydrogen) atoms. The lowest BCUT2D eigenvalue weighted by Crippen LogP contribution is -2.59. The minimum absolute atomic E-state index is 0.0583. The van der Waals surface area contributed by atoms with Crippen molar-refractivity contribution in [2.45, 2.75) is 91.5 Å².